The van der Waals surface area contributed by atoms with Crippen LogP contribution in [0.4, 0.5) is 0 Å². The largest absolute Gasteiger partial charge is 2.00 e. The normalized spacial score (nSPS) is 11.5. The summed E-state index contributed by atoms with van der Waals surface area (Å²) in [4.78, 5) is 33.0. The molecule has 0 spiro atoms. The molecule has 0 aromatic carbocycles. The van der Waals surface area contributed by atoms with E-state index in [4.69, 9.17) is 0 Å². The van der Waals surface area contributed by atoms with E-state index < -0.39 is 24.4 Å². The molecule has 1 atom stereocenters. The first-order valence-corrected chi connectivity index (χ1v) is 10.7. The van der Waals surface area contributed by atoms with Gasteiger partial charge < -0.3 is 25.1 Å². The van der Waals surface area contributed by atoms with Gasteiger partial charge in [-0.15, -0.1) is 0 Å². The fourth-order valence-corrected chi connectivity index (χ4v) is 3.08. The first-order valence-electron chi connectivity index (χ1n) is 10.7. The van der Waals surface area contributed by atoms with Crippen molar-refractivity contribution < 1.29 is 41.7 Å². The Bertz CT molecular complexity index is 418. The molecular formula is C21H37FeNO5. The molecule has 0 aliphatic heterocycles. The molecule has 0 aliphatic rings. The van der Waals surface area contributed by atoms with Crippen LogP contribution in [0, 0.1) is 0 Å². The molecule has 28 heavy (non-hydrogen) atoms. The molecule has 6 nitrogen and oxygen atoms in total. The van der Waals surface area contributed by atoms with Crippen LogP contribution < -0.4 is 15.5 Å². The second-order valence-corrected chi connectivity index (χ2v) is 7.34. The first-order chi connectivity index (χ1) is 13.0. The van der Waals surface area contributed by atoms with Gasteiger partial charge >= 0.3 is 17.1 Å². The van der Waals surface area contributed by atoms with Crippen molar-refractivity contribution in [1.82, 2.24) is 5.32 Å². The van der Waals surface area contributed by atoms with E-state index in [0.29, 0.717) is 6.42 Å². The van der Waals surface area contributed by atoms with Crippen LogP contribution in [0.2, 0.25) is 0 Å². The molecule has 0 saturated heterocycles. The van der Waals surface area contributed by atoms with E-state index in [1.54, 1.807) is 0 Å². The van der Waals surface area contributed by atoms with Crippen LogP contribution in [0.25, 0.3) is 0 Å². The van der Waals surface area contributed by atoms with E-state index in [-0.39, 0.29) is 35.8 Å². The van der Waals surface area contributed by atoms with Gasteiger partial charge in [0.05, 0.1) is 12.0 Å². The van der Waals surface area contributed by atoms with Gasteiger partial charge in [-0.2, -0.15) is 0 Å². The van der Waals surface area contributed by atoms with Gasteiger partial charge in [0.2, 0.25) is 5.91 Å². The smallest absolute Gasteiger partial charge is 0.550 e. The molecular weight excluding hydrogens is 402 g/mol. The van der Waals surface area contributed by atoms with Crippen molar-refractivity contribution in [2.75, 3.05) is 0 Å². The average molecular weight is 439 g/mol. The number of rotatable bonds is 19. The fourth-order valence-electron chi connectivity index (χ4n) is 3.08. The third-order valence-electron chi connectivity index (χ3n) is 4.76. The Hall–Kier alpha value is -1.07. The fraction of sp³-hybridized carbons (Fsp3) is 0.857. The number of carbonyl (C=O) groups excluding carboxylic acids is 3. The van der Waals surface area contributed by atoms with Crippen LogP contribution in [-0.2, 0) is 31.5 Å². The van der Waals surface area contributed by atoms with Crippen LogP contribution in [0.15, 0.2) is 0 Å². The van der Waals surface area contributed by atoms with Crippen LogP contribution in [0.1, 0.15) is 110 Å². The summed E-state index contributed by atoms with van der Waals surface area (Å²) in [6.07, 6.45) is 15.4. The zero-order valence-corrected chi connectivity index (χ0v) is 18.4. The number of aliphatic carboxylic acids is 2. The maximum Gasteiger partial charge on any atom is 2.00 e. The van der Waals surface area contributed by atoms with Crippen molar-refractivity contribution in [3.63, 3.8) is 0 Å². The molecule has 1 amide bonds. The van der Waals surface area contributed by atoms with E-state index in [1.807, 2.05) is 0 Å². The summed E-state index contributed by atoms with van der Waals surface area (Å²) in [5.74, 6) is -3.17. The quantitative estimate of drug-likeness (QED) is 0.245. The molecule has 0 aromatic heterocycles. The van der Waals surface area contributed by atoms with Crippen LogP contribution >= 0.6 is 0 Å². The van der Waals surface area contributed by atoms with Gasteiger partial charge in [0.25, 0.3) is 0 Å². The Labute approximate surface area is 180 Å². The van der Waals surface area contributed by atoms with Gasteiger partial charge in [-0.1, -0.05) is 84.0 Å². The second-order valence-electron chi connectivity index (χ2n) is 7.34. The van der Waals surface area contributed by atoms with E-state index in [2.05, 4.69) is 12.2 Å². The summed E-state index contributed by atoms with van der Waals surface area (Å²) >= 11 is 0. The van der Waals surface area contributed by atoms with Crippen molar-refractivity contribution in [3.8, 4) is 0 Å². The van der Waals surface area contributed by atoms with Gasteiger partial charge in [0, 0.05) is 12.4 Å². The van der Waals surface area contributed by atoms with Crippen LogP contribution in [0.3, 0.4) is 0 Å². The number of unbranched alkanes of at least 4 members (excludes halogenated alkanes) is 12. The van der Waals surface area contributed by atoms with E-state index >= 15 is 0 Å². The summed E-state index contributed by atoms with van der Waals surface area (Å²) in [5.41, 5.74) is 0. The number of carboxylic acids is 2. The number of nitrogens with one attached hydrogen (secondary N) is 1. The van der Waals surface area contributed by atoms with E-state index in [0.717, 1.165) is 12.8 Å². The SMILES string of the molecule is CCCCCCCCCCCCCCCC(=O)N[C@@H](CCC(=O)[O-])C(=O)[O-].[Fe+2]. The third-order valence-corrected chi connectivity index (χ3v) is 4.76. The summed E-state index contributed by atoms with van der Waals surface area (Å²) in [6, 6.07) is -1.27. The Kier molecular flexibility index (Phi) is 21.5. The molecule has 1 N–H and O–H groups in total. The minimum absolute atomic E-state index is 0. The number of hydrogen-bond donors (Lipinski definition) is 1. The zero-order valence-electron chi connectivity index (χ0n) is 17.3. The Morgan fingerprint density at radius 2 is 1.14 bits per heavy atom. The predicted octanol–water partition coefficient (Wildman–Crippen LogP) is 2.23. The van der Waals surface area contributed by atoms with Gasteiger partial charge in [0.1, 0.15) is 0 Å². The van der Waals surface area contributed by atoms with Crippen molar-refractivity contribution in [2.45, 2.75) is 116 Å². The summed E-state index contributed by atoms with van der Waals surface area (Å²) in [5, 5.41) is 23.6. The van der Waals surface area contributed by atoms with Crippen molar-refractivity contribution in [3.05, 3.63) is 0 Å². The molecule has 0 fully saturated rings. The minimum Gasteiger partial charge on any atom is -0.550 e. The van der Waals surface area contributed by atoms with E-state index in [1.165, 1.54) is 64.2 Å². The van der Waals surface area contributed by atoms with Crippen molar-refractivity contribution >= 4 is 17.8 Å². The molecule has 0 unspecified atom stereocenters. The molecule has 0 heterocycles. The van der Waals surface area contributed by atoms with Gasteiger partial charge in [-0.25, -0.2) is 0 Å². The first kappa shape index (κ1) is 29.1. The molecule has 0 rings (SSSR count). The Morgan fingerprint density at radius 3 is 1.54 bits per heavy atom. The van der Waals surface area contributed by atoms with Crippen molar-refractivity contribution in [2.24, 2.45) is 0 Å². The maximum absolute atomic E-state index is 11.7. The Balaban J connectivity index is 0. The standard InChI is InChI=1S/C21H39NO5.Fe/c1-2-3-4-5-6-7-8-9-10-11-12-13-14-15-19(23)22-18(21(26)27)16-17-20(24)25;/h18H,2-17H2,1H3,(H,22,23)(H,24,25)(H,26,27);/q;+2/p-2/t18-;/m0./s1. The summed E-state index contributed by atoms with van der Waals surface area (Å²) in [7, 11) is 0. The van der Waals surface area contributed by atoms with E-state index in [9.17, 15) is 24.6 Å². The minimum atomic E-state index is -1.46. The maximum atomic E-state index is 11.7. The topological polar surface area (TPSA) is 109 Å². The van der Waals surface area contributed by atoms with Crippen LogP contribution in [-0.4, -0.2) is 23.9 Å². The monoisotopic (exact) mass is 439 g/mol. The number of hydrogen-bond acceptors (Lipinski definition) is 5. The van der Waals surface area contributed by atoms with Gasteiger partial charge in [-0.3, -0.25) is 4.79 Å². The summed E-state index contributed by atoms with van der Waals surface area (Å²) in [6.45, 7) is 2.23. The molecule has 0 aromatic rings. The van der Waals surface area contributed by atoms with Gasteiger partial charge in [-0.05, 0) is 19.3 Å². The number of carboxylic acid groups (broad SMARTS) is 2. The zero-order chi connectivity index (χ0) is 20.3. The number of carbonyl (C=O) groups is 3. The molecule has 0 bridgehead atoms. The molecule has 0 aliphatic carbocycles. The van der Waals surface area contributed by atoms with Crippen LogP contribution in [0.5, 0.6) is 0 Å². The third kappa shape index (κ3) is 19.7. The molecule has 0 saturated carbocycles. The molecule has 164 valence electrons. The molecule has 0 radical (unpaired) electrons. The predicted molar refractivity (Wildman–Crippen MR) is 101 cm³/mol. The van der Waals surface area contributed by atoms with Gasteiger partial charge in [0.15, 0.2) is 0 Å². The summed E-state index contributed by atoms with van der Waals surface area (Å²) < 4.78 is 0. The molecule has 7 heteroatoms. The second kappa shape index (κ2) is 20.7. The van der Waals surface area contributed by atoms with Crippen molar-refractivity contribution in [1.29, 1.82) is 0 Å². The Morgan fingerprint density at radius 1 is 0.714 bits per heavy atom. The average Bonchev–Trinajstić information content (AvgIpc) is 2.62. The number of amides is 1.